The second-order valence-corrected chi connectivity index (χ2v) is 11.2. The molecular formula is C29H30FN7O5S. The van der Waals surface area contributed by atoms with Crippen molar-refractivity contribution in [3.8, 4) is 22.8 Å². The monoisotopic (exact) mass is 607 g/mol. The van der Waals surface area contributed by atoms with Crippen LogP contribution in [-0.2, 0) is 34.4 Å². The normalized spacial score (nSPS) is 11.6. The number of nitrogens with zero attached hydrogens (tertiary/aromatic N) is 7. The van der Waals surface area contributed by atoms with Gasteiger partial charge in [0.15, 0.2) is 17.2 Å². The lowest BCUT2D eigenvalue weighted by molar-refractivity contribution is 0.302. The van der Waals surface area contributed by atoms with Crippen molar-refractivity contribution in [1.82, 2.24) is 29.1 Å². The number of imidazole rings is 1. The summed E-state index contributed by atoms with van der Waals surface area (Å²) in [6.45, 7) is 3.99. The summed E-state index contributed by atoms with van der Waals surface area (Å²) >= 11 is 0. The van der Waals surface area contributed by atoms with E-state index in [0.717, 1.165) is 17.5 Å². The van der Waals surface area contributed by atoms with Gasteiger partial charge in [-0.3, -0.25) is 9.17 Å². The fraction of sp³-hybridized carbons (Fsp3) is 0.241. The van der Waals surface area contributed by atoms with Crippen LogP contribution in [0.5, 0.6) is 11.5 Å². The number of fused-ring (bicyclic) bond motifs is 1. The number of ether oxygens (including phenoxy) is 2. The largest absolute Gasteiger partial charge is 0.497 e. The van der Waals surface area contributed by atoms with Crippen LogP contribution >= 0.6 is 0 Å². The predicted octanol–water partition coefficient (Wildman–Crippen LogP) is 4.34. The zero-order valence-electron chi connectivity index (χ0n) is 24.1. The highest BCUT2D eigenvalue weighted by Gasteiger charge is 2.23. The molecule has 0 radical (unpaired) electrons. The number of anilines is 2. The van der Waals surface area contributed by atoms with Crippen molar-refractivity contribution < 1.29 is 26.5 Å². The third-order valence-electron chi connectivity index (χ3n) is 6.69. The smallest absolute Gasteiger partial charge is 0.264 e. The second-order valence-electron chi connectivity index (χ2n) is 9.55. The SMILES string of the molecule is C=Cc1cc(-c2cnc3ccc(N(Cc4nccn4CCOS(C)(=O)=O)c4cc(OC)cc(OC)c4F)nc3n2)cn1C. The minimum atomic E-state index is -3.62. The molecule has 0 N–H and O–H groups in total. The molecule has 0 spiro atoms. The highest BCUT2D eigenvalue weighted by Crippen LogP contribution is 2.37. The summed E-state index contributed by atoms with van der Waals surface area (Å²) in [4.78, 5) is 20.1. The molecule has 5 aromatic rings. The quantitative estimate of drug-likeness (QED) is 0.189. The van der Waals surface area contributed by atoms with Crippen molar-refractivity contribution in [2.45, 2.75) is 13.1 Å². The van der Waals surface area contributed by atoms with Gasteiger partial charge in [0.1, 0.15) is 22.9 Å². The molecule has 0 bridgehead atoms. The van der Waals surface area contributed by atoms with E-state index < -0.39 is 15.9 Å². The van der Waals surface area contributed by atoms with Crippen molar-refractivity contribution in [3.63, 3.8) is 0 Å². The fourth-order valence-electron chi connectivity index (χ4n) is 4.54. The summed E-state index contributed by atoms with van der Waals surface area (Å²) in [7, 11) is 1.14. The van der Waals surface area contributed by atoms with Crippen LogP contribution < -0.4 is 14.4 Å². The lowest BCUT2D eigenvalue weighted by Crippen LogP contribution is -2.23. The number of methoxy groups -OCH3 is 2. The zero-order valence-corrected chi connectivity index (χ0v) is 24.9. The molecule has 5 rings (SSSR count). The van der Waals surface area contributed by atoms with Gasteiger partial charge in [0, 0.05) is 55.6 Å². The molecule has 0 aliphatic heterocycles. The van der Waals surface area contributed by atoms with Gasteiger partial charge in [0.2, 0.25) is 0 Å². The van der Waals surface area contributed by atoms with Crippen LogP contribution in [0.3, 0.4) is 0 Å². The number of aryl methyl sites for hydroxylation is 1. The molecule has 12 nitrogen and oxygen atoms in total. The zero-order chi connectivity index (χ0) is 30.7. The number of benzene rings is 1. The predicted molar refractivity (Wildman–Crippen MR) is 160 cm³/mol. The van der Waals surface area contributed by atoms with Crippen LogP contribution in [0.1, 0.15) is 11.5 Å². The number of hydrogen-bond donors (Lipinski definition) is 0. The Morgan fingerprint density at radius 3 is 2.63 bits per heavy atom. The Hall–Kier alpha value is -4.82. The molecule has 0 aliphatic rings. The van der Waals surface area contributed by atoms with E-state index >= 15 is 4.39 Å². The van der Waals surface area contributed by atoms with Gasteiger partial charge in [-0.15, -0.1) is 0 Å². The van der Waals surface area contributed by atoms with Crippen molar-refractivity contribution in [1.29, 1.82) is 0 Å². The van der Waals surface area contributed by atoms with Crippen LogP contribution in [0.25, 0.3) is 28.5 Å². The van der Waals surface area contributed by atoms with Crippen LogP contribution in [0.2, 0.25) is 0 Å². The molecule has 1 aromatic carbocycles. The highest BCUT2D eigenvalue weighted by molar-refractivity contribution is 7.85. The maximum atomic E-state index is 15.9. The van der Waals surface area contributed by atoms with E-state index in [2.05, 4.69) is 16.5 Å². The van der Waals surface area contributed by atoms with Gasteiger partial charge >= 0.3 is 0 Å². The van der Waals surface area contributed by atoms with Gasteiger partial charge in [-0.05, 0) is 24.3 Å². The molecule has 0 aliphatic carbocycles. The van der Waals surface area contributed by atoms with E-state index in [0.29, 0.717) is 34.2 Å². The van der Waals surface area contributed by atoms with E-state index in [1.165, 1.54) is 26.4 Å². The van der Waals surface area contributed by atoms with Gasteiger partial charge in [0.05, 0.1) is 51.2 Å². The van der Waals surface area contributed by atoms with Gasteiger partial charge in [0.25, 0.3) is 10.1 Å². The van der Waals surface area contributed by atoms with Crippen LogP contribution in [-0.4, -0.2) is 64.6 Å². The Labute approximate surface area is 248 Å². The second kappa shape index (κ2) is 12.2. The Balaban J connectivity index is 1.60. The number of rotatable bonds is 12. The summed E-state index contributed by atoms with van der Waals surface area (Å²) in [5.74, 6) is 0.573. The molecule has 4 heterocycles. The Morgan fingerprint density at radius 2 is 1.93 bits per heavy atom. The van der Waals surface area contributed by atoms with E-state index in [1.54, 1.807) is 46.3 Å². The van der Waals surface area contributed by atoms with Crippen molar-refractivity contribution >= 4 is 38.9 Å². The third kappa shape index (κ3) is 6.49. The Bertz CT molecular complexity index is 1900. The lowest BCUT2D eigenvalue weighted by Gasteiger charge is -2.25. The maximum Gasteiger partial charge on any atom is 0.264 e. The van der Waals surface area contributed by atoms with Crippen molar-refractivity contribution in [2.24, 2.45) is 7.05 Å². The molecule has 224 valence electrons. The summed E-state index contributed by atoms with van der Waals surface area (Å²) < 4.78 is 58.0. The minimum Gasteiger partial charge on any atom is -0.497 e. The first kappa shape index (κ1) is 29.7. The first-order valence-electron chi connectivity index (χ1n) is 13.1. The lowest BCUT2D eigenvalue weighted by atomic mass is 10.2. The molecule has 0 saturated carbocycles. The van der Waals surface area contributed by atoms with E-state index in [4.69, 9.17) is 23.6 Å². The van der Waals surface area contributed by atoms with E-state index in [9.17, 15) is 8.42 Å². The highest BCUT2D eigenvalue weighted by atomic mass is 32.2. The summed E-state index contributed by atoms with van der Waals surface area (Å²) in [6.07, 6.45) is 9.59. The first-order chi connectivity index (χ1) is 20.6. The minimum absolute atomic E-state index is 0.0192. The topological polar surface area (TPSA) is 126 Å². The number of aromatic nitrogens is 6. The van der Waals surface area contributed by atoms with Gasteiger partial charge in [-0.1, -0.05) is 6.58 Å². The van der Waals surface area contributed by atoms with Crippen LogP contribution in [0, 0.1) is 5.82 Å². The number of pyridine rings is 1. The molecule has 14 heteroatoms. The maximum absolute atomic E-state index is 15.9. The van der Waals surface area contributed by atoms with Gasteiger partial charge < -0.3 is 23.5 Å². The summed E-state index contributed by atoms with van der Waals surface area (Å²) in [6, 6.07) is 8.39. The average Bonchev–Trinajstić information content (AvgIpc) is 3.60. The molecular weight excluding hydrogens is 577 g/mol. The van der Waals surface area contributed by atoms with Crippen molar-refractivity contribution in [3.05, 3.63) is 79.0 Å². The third-order valence-corrected chi connectivity index (χ3v) is 7.28. The molecule has 0 fully saturated rings. The summed E-state index contributed by atoms with van der Waals surface area (Å²) in [5.41, 5.74) is 3.40. The average molecular weight is 608 g/mol. The Kier molecular flexibility index (Phi) is 8.41. The van der Waals surface area contributed by atoms with Gasteiger partial charge in [-0.25, -0.2) is 19.3 Å². The molecule has 43 heavy (non-hydrogen) atoms. The molecule has 4 aromatic heterocycles. The molecule has 0 atom stereocenters. The molecule has 0 unspecified atom stereocenters. The van der Waals surface area contributed by atoms with Gasteiger partial charge in [-0.2, -0.15) is 8.42 Å². The standard InChI is InChI=1S/C29H30FN7O5S/c1-6-20-13-19(17-35(20)2)23-16-32-22-7-8-26(34-29(22)33-23)37(24-14-21(40-3)15-25(41-4)28(24)30)18-27-31-9-10-36(27)11-12-42-43(5,38)39/h6-10,13-17H,1,11-12,18H2,2-5H3. The summed E-state index contributed by atoms with van der Waals surface area (Å²) in [5, 5.41) is 0. The van der Waals surface area contributed by atoms with Crippen LogP contribution in [0.4, 0.5) is 15.9 Å². The molecule has 0 saturated heterocycles. The molecule has 0 amide bonds. The van der Waals surface area contributed by atoms with Crippen molar-refractivity contribution in [2.75, 3.05) is 32.0 Å². The van der Waals surface area contributed by atoms with E-state index in [1.807, 2.05) is 23.9 Å². The fourth-order valence-corrected chi connectivity index (χ4v) is 4.91. The number of hydrogen-bond acceptors (Lipinski definition) is 10. The van der Waals surface area contributed by atoms with Crippen LogP contribution in [0.15, 0.2) is 61.7 Å². The van der Waals surface area contributed by atoms with E-state index in [-0.39, 0.29) is 31.1 Å². The Morgan fingerprint density at radius 1 is 1.12 bits per heavy atom. The number of halogens is 1. The first-order valence-corrected chi connectivity index (χ1v) is 14.9.